The molecule has 28 heavy (non-hydrogen) atoms. The van der Waals surface area contributed by atoms with Crippen LogP contribution in [0.5, 0.6) is 17.2 Å². The SMILES string of the molecule is COc1cccc(/C=C2\SC(=O)N(CCOc3ccc(C)cc3)C2=O)c1OC. The van der Waals surface area contributed by atoms with Crippen LogP contribution in [0, 0.1) is 6.92 Å². The molecule has 0 spiro atoms. The van der Waals surface area contributed by atoms with E-state index >= 15 is 0 Å². The van der Waals surface area contributed by atoms with Gasteiger partial charge in [-0.15, -0.1) is 0 Å². The highest BCUT2D eigenvalue weighted by Gasteiger charge is 2.35. The molecule has 2 aromatic carbocycles. The van der Waals surface area contributed by atoms with Gasteiger partial charge in [-0.25, -0.2) is 0 Å². The summed E-state index contributed by atoms with van der Waals surface area (Å²) in [6.07, 6.45) is 1.65. The molecule has 1 saturated heterocycles. The molecule has 7 heteroatoms. The average Bonchev–Trinajstić information content (AvgIpc) is 2.96. The first-order chi connectivity index (χ1) is 13.5. The molecule has 0 aliphatic carbocycles. The second-order valence-corrected chi connectivity index (χ2v) is 7.07. The molecular weight excluding hydrogens is 378 g/mol. The molecule has 6 nitrogen and oxygen atoms in total. The molecule has 0 atom stereocenters. The summed E-state index contributed by atoms with van der Waals surface area (Å²) in [6, 6.07) is 13.0. The maximum Gasteiger partial charge on any atom is 0.293 e. The average molecular weight is 399 g/mol. The Hall–Kier alpha value is -2.93. The van der Waals surface area contributed by atoms with Crippen molar-refractivity contribution in [3.63, 3.8) is 0 Å². The molecule has 3 rings (SSSR count). The predicted octanol–water partition coefficient (Wildman–Crippen LogP) is 4.13. The Balaban J connectivity index is 1.69. The number of aryl methyl sites for hydroxylation is 1. The number of amides is 2. The van der Waals surface area contributed by atoms with Crippen molar-refractivity contribution in [2.24, 2.45) is 0 Å². The Morgan fingerprint density at radius 3 is 2.46 bits per heavy atom. The van der Waals surface area contributed by atoms with Gasteiger partial charge in [-0.3, -0.25) is 14.5 Å². The molecule has 0 radical (unpaired) electrons. The quantitative estimate of drug-likeness (QED) is 0.653. The molecule has 1 heterocycles. The van der Waals surface area contributed by atoms with Gasteiger partial charge >= 0.3 is 0 Å². The van der Waals surface area contributed by atoms with Gasteiger partial charge in [0.05, 0.1) is 25.7 Å². The minimum absolute atomic E-state index is 0.186. The summed E-state index contributed by atoms with van der Waals surface area (Å²) in [5.41, 5.74) is 1.81. The largest absolute Gasteiger partial charge is 0.493 e. The lowest BCUT2D eigenvalue weighted by Gasteiger charge is -2.13. The second kappa shape index (κ2) is 8.84. The zero-order valence-corrected chi connectivity index (χ0v) is 16.7. The molecule has 0 aromatic heterocycles. The number of imide groups is 1. The van der Waals surface area contributed by atoms with E-state index in [1.165, 1.54) is 12.0 Å². The van der Waals surface area contributed by atoms with Crippen molar-refractivity contribution in [2.45, 2.75) is 6.92 Å². The lowest BCUT2D eigenvalue weighted by atomic mass is 10.1. The van der Waals surface area contributed by atoms with Gasteiger partial charge in [0.2, 0.25) is 0 Å². The van der Waals surface area contributed by atoms with Gasteiger partial charge in [-0.2, -0.15) is 0 Å². The maximum atomic E-state index is 12.6. The molecule has 0 unspecified atom stereocenters. The van der Waals surface area contributed by atoms with E-state index in [1.54, 1.807) is 31.4 Å². The van der Waals surface area contributed by atoms with Crippen LogP contribution in [0.3, 0.4) is 0 Å². The van der Waals surface area contributed by atoms with E-state index in [2.05, 4.69) is 0 Å². The molecule has 2 aromatic rings. The summed E-state index contributed by atoms with van der Waals surface area (Å²) in [5.74, 6) is 1.43. The van der Waals surface area contributed by atoms with Gasteiger partial charge < -0.3 is 14.2 Å². The Labute approximate surface area is 168 Å². The normalized spacial score (nSPS) is 15.2. The number of benzene rings is 2. The van der Waals surface area contributed by atoms with Gasteiger partial charge in [0.15, 0.2) is 11.5 Å². The highest BCUT2D eigenvalue weighted by molar-refractivity contribution is 8.18. The predicted molar refractivity (Wildman–Crippen MR) is 109 cm³/mol. The number of thioether (sulfide) groups is 1. The van der Waals surface area contributed by atoms with Gasteiger partial charge in [0, 0.05) is 5.56 Å². The highest BCUT2D eigenvalue weighted by Crippen LogP contribution is 2.37. The number of hydrogen-bond acceptors (Lipinski definition) is 6. The minimum atomic E-state index is -0.340. The van der Waals surface area contributed by atoms with E-state index in [4.69, 9.17) is 14.2 Å². The number of methoxy groups -OCH3 is 2. The maximum absolute atomic E-state index is 12.6. The smallest absolute Gasteiger partial charge is 0.293 e. The number of ether oxygens (including phenoxy) is 3. The van der Waals surface area contributed by atoms with Crippen LogP contribution in [-0.4, -0.2) is 43.4 Å². The van der Waals surface area contributed by atoms with Crippen molar-refractivity contribution in [1.82, 2.24) is 4.90 Å². The molecule has 1 fully saturated rings. The van der Waals surface area contributed by atoms with Crippen molar-refractivity contribution in [3.05, 3.63) is 58.5 Å². The van der Waals surface area contributed by atoms with Crippen LogP contribution in [0.1, 0.15) is 11.1 Å². The third-order valence-electron chi connectivity index (χ3n) is 4.20. The highest BCUT2D eigenvalue weighted by atomic mass is 32.2. The zero-order valence-electron chi connectivity index (χ0n) is 15.9. The number of rotatable bonds is 7. The van der Waals surface area contributed by atoms with Crippen LogP contribution in [0.4, 0.5) is 4.79 Å². The molecule has 146 valence electrons. The van der Waals surface area contributed by atoms with Crippen molar-refractivity contribution >= 4 is 29.0 Å². The van der Waals surface area contributed by atoms with E-state index in [1.807, 2.05) is 31.2 Å². The molecule has 1 aliphatic heterocycles. The monoisotopic (exact) mass is 399 g/mol. The van der Waals surface area contributed by atoms with Crippen molar-refractivity contribution in [1.29, 1.82) is 0 Å². The van der Waals surface area contributed by atoms with Crippen LogP contribution in [-0.2, 0) is 4.79 Å². The fourth-order valence-corrected chi connectivity index (χ4v) is 3.60. The van der Waals surface area contributed by atoms with E-state index < -0.39 is 0 Å². The van der Waals surface area contributed by atoms with Crippen LogP contribution >= 0.6 is 11.8 Å². The molecular formula is C21H21NO5S. The first-order valence-electron chi connectivity index (χ1n) is 8.69. The summed E-state index contributed by atoms with van der Waals surface area (Å²) in [7, 11) is 3.08. The zero-order chi connectivity index (χ0) is 20.1. The lowest BCUT2D eigenvalue weighted by Crippen LogP contribution is -2.32. The third-order valence-corrected chi connectivity index (χ3v) is 5.11. The number of para-hydroxylation sites is 1. The first-order valence-corrected chi connectivity index (χ1v) is 9.51. The van der Waals surface area contributed by atoms with Crippen molar-refractivity contribution in [2.75, 3.05) is 27.4 Å². The van der Waals surface area contributed by atoms with E-state index in [-0.39, 0.29) is 24.3 Å². The standard InChI is InChI=1S/C21H21NO5S/c1-14-7-9-16(10-8-14)27-12-11-22-20(23)18(28-21(22)24)13-15-5-4-6-17(25-2)19(15)26-3/h4-10,13H,11-12H2,1-3H3/b18-13-. The summed E-state index contributed by atoms with van der Waals surface area (Å²) < 4.78 is 16.3. The van der Waals surface area contributed by atoms with Crippen molar-refractivity contribution in [3.8, 4) is 17.2 Å². The number of carbonyl (C=O) groups excluding carboxylic acids is 2. The molecule has 0 N–H and O–H groups in total. The van der Waals surface area contributed by atoms with Gasteiger partial charge in [0.25, 0.3) is 11.1 Å². The van der Waals surface area contributed by atoms with E-state index in [0.717, 1.165) is 17.3 Å². The Bertz CT molecular complexity index is 908. The first kappa shape index (κ1) is 19.8. The minimum Gasteiger partial charge on any atom is -0.493 e. The second-order valence-electron chi connectivity index (χ2n) is 6.08. The number of carbonyl (C=O) groups is 2. The van der Waals surface area contributed by atoms with Crippen molar-refractivity contribution < 1.29 is 23.8 Å². The Kier molecular flexibility index (Phi) is 6.26. The fraction of sp³-hybridized carbons (Fsp3) is 0.238. The molecule has 0 bridgehead atoms. The lowest BCUT2D eigenvalue weighted by molar-refractivity contribution is -0.123. The third kappa shape index (κ3) is 4.31. The van der Waals surface area contributed by atoms with Crippen LogP contribution in [0.2, 0.25) is 0 Å². The summed E-state index contributed by atoms with van der Waals surface area (Å²) >= 11 is 0.904. The number of hydrogen-bond donors (Lipinski definition) is 0. The van der Waals surface area contributed by atoms with Crippen LogP contribution < -0.4 is 14.2 Å². The summed E-state index contributed by atoms with van der Waals surface area (Å²) in [4.78, 5) is 26.4. The molecule has 1 aliphatic rings. The topological polar surface area (TPSA) is 65.1 Å². The number of nitrogens with zero attached hydrogens (tertiary/aromatic N) is 1. The summed E-state index contributed by atoms with van der Waals surface area (Å²) in [6.45, 7) is 2.41. The van der Waals surface area contributed by atoms with E-state index in [9.17, 15) is 9.59 Å². The van der Waals surface area contributed by atoms with E-state index in [0.29, 0.717) is 27.7 Å². The Morgan fingerprint density at radius 2 is 1.79 bits per heavy atom. The van der Waals surface area contributed by atoms with Crippen LogP contribution in [0.25, 0.3) is 6.08 Å². The van der Waals surface area contributed by atoms with Gasteiger partial charge in [-0.1, -0.05) is 29.8 Å². The molecule has 2 amide bonds. The molecule has 0 saturated carbocycles. The summed E-state index contributed by atoms with van der Waals surface area (Å²) in [5, 5.41) is -0.314. The van der Waals surface area contributed by atoms with Gasteiger partial charge in [-0.05, 0) is 43.0 Å². The Morgan fingerprint density at radius 1 is 1.04 bits per heavy atom. The van der Waals surface area contributed by atoms with Gasteiger partial charge in [0.1, 0.15) is 12.4 Å². The fourth-order valence-electron chi connectivity index (χ4n) is 2.75. The van der Waals surface area contributed by atoms with Crippen LogP contribution in [0.15, 0.2) is 47.4 Å².